The summed E-state index contributed by atoms with van der Waals surface area (Å²) >= 11 is 1.57. The first-order valence-electron chi connectivity index (χ1n) is 5.38. The predicted octanol–water partition coefficient (Wildman–Crippen LogP) is 2.11. The van der Waals surface area contributed by atoms with Gasteiger partial charge in [-0.05, 0) is 18.4 Å². The highest BCUT2D eigenvalue weighted by Crippen LogP contribution is 2.21. The minimum absolute atomic E-state index is 0.121. The molecule has 1 aliphatic rings. The first kappa shape index (κ1) is 11.9. The van der Waals surface area contributed by atoms with Gasteiger partial charge in [-0.3, -0.25) is 4.79 Å². The summed E-state index contributed by atoms with van der Waals surface area (Å²) in [5, 5.41) is 6.46. The Morgan fingerprint density at radius 2 is 2.59 bits per heavy atom. The van der Waals surface area contributed by atoms with E-state index in [0.717, 1.165) is 10.7 Å². The van der Waals surface area contributed by atoms with Crippen LogP contribution in [0, 0.1) is 12.8 Å². The molecule has 1 aromatic rings. The molecule has 1 amide bonds. The molecule has 0 aliphatic carbocycles. The largest absolute Gasteiger partial charge is 0.336 e. The maximum atomic E-state index is 11.7. The molecule has 0 spiro atoms. The van der Waals surface area contributed by atoms with Gasteiger partial charge in [0.15, 0.2) is 0 Å². The lowest BCUT2D eigenvalue weighted by molar-refractivity contribution is -0.128. The van der Waals surface area contributed by atoms with E-state index in [-0.39, 0.29) is 11.8 Å². The van der Waals surface area contributed by atoms with E-state index in [2.05, 4.69) is 15.0 Å². The van der Waals surface area contributed by atoms with Crippen LogP contribution in [0.15, 0.2) is 10.5 Å². The van der Waals surface area contributed by atoms with Crippen molar-refractivity contribution in [3.63, 3.8) is 0 Å². The van der Waals surface area contributed by atoms with Crippen LogP contribution in [-0.4, -0.2) is 28.9 Å². The molecule has 1 atom stereocenters. The lowest BCUT2D eigenvalue weighted by Crippen LogP contribution is -2.24. The zero-order valence-electron chi connectivity index (χ0n) is 9.54. The summed E-state index contributed by atoms with van der Waals surface area (Å²) in [7, 11) is 0. The summed E-state index contributed by atoms with van der Waals surface area (Å²) in [6, 6.07) is 0. The summed E-state index contributed by atoms with van der Waals surface area (Å²) < 4.78 is 0. The van der Waals surface area contributed by atoms with E-state index in [1.807, 2.05) is 12.3 Å². The van der Waals surface area contributed by atoms with Gasteiger partial charge < -0.3 is 4.90 Å². The summed E-state index contributed by atoms with van der Waals surface area (Å²) in [6.07, 6.45) is 0.476. The summed E-state index contributed by atoms with van der Waals surface area (Å²) in [4.78, 5) is 20.6. The summed E-state index contributed by atoms with van der Waals surface area (Å²) in [6.45, 7) is 3.58. The van der Waals surface area contributed by atoms with Gasteiger partial charge in [0.05, 0.1) is 6.54 Å². The van der Waals surface area contributed by atoms with Gasteiger partial charge in [0.1, 0.15) is 5.01 Å². The van der Waals surface area contributed by atoms with Gasteiger partial charge in [-0.1, -0.05) is 5.11 Å². The molecule has 1 fully saturated rings. The van der Waals surface area contributed by atoms with Crippen molar-refractivity contribution >= 4 is 17.2 Å². The van der Waals surface area contributed by atoms with E-state index < -0.39 is 0 Å². The molecule has 90 valence electrons. The summed E-state index contributed by atoms with van der Waals surface area (Å²) in [5.74, 6) is 0.274. The quantitative estimate of drug-likeness (QED) is 0.466. The van der Waals surface area contributed by atoms with Crippen LogP contribution in [0.3, 0.4) is 0 Å². The van der Waals surface area contributed by atoms with Crippen molar-refractivity contribution in [1.29, 1.82) is 0 Å². The lowest BCUT2D eigenvalue weighted by Gasteiger charge is -2.14. The van der Waals surface area contributed by atoms with Gasteiger partial charge in [0.2, 0.25) is 5.91 Å². The Bertz CT molecular complexity index is 465. The van der Waals surface area contributed by atoms with E-state index in [4.69, 9.17) is 5.53 Å². The van der Waals surface area contributed by atoms with E-state index >= 15 is 0 Å². The van der Waals surface area contributed by atoms with Crippen molar-refractivity contribution in [3.05, 3.63) is 26.5 Å². The molecule has 0 saturated carbocycles. The normalized spacial score (nSPS) is 19.5. The fourth-order valence-corrected chi connectivity index (χ4v) is 2.71. The highest BCUT2D eigenvalue weighted by atomic mass is 32.1. The summed E-state index contributed by atoms with van der Waals surface area (Å²) in [5.41, 5.74) is 9.24. The van der Waals surface area contributed by atoms with Crippen molar-refractivity contribution in [2.24, 2.45) is 11.0 Å². The number of aryl methyl sites for hydroxylation is 1. The van der Waals surface area contributed by atoms with Crippen LogP contribution in [0.4, 0.5) is 0 Å². The van der Waals surface area contributed by atoms with Crippen molar-refractivity contribution in [3.8, 4) is 0 Å². The van der Waals surface area contributed by atoms with Gasteiger partial charge in [-0.15, -0.1) is 11.3 Å². The highest BCUT2D eigenvalue weighted by Gasteiger charge is 2.29. The standard InChI is InChI=1S/C10H13N5OS/c1-7-6-17-9(13-7)5-15-4-8(2-10(15)16)3-12-14-11/h6,8H,2-5H2,1H3. The lowest BCUT2D eigenvalue weighted by atomic mass is 10.1. The van der Waals surface area contributed by atoms with Crippen LogP contribution in [0.5, 0.6) is 0 Å². The Hall–Kier alpha value is -1.59. The Morgan fingerprint density at radius 1 is 1.76 bits per heavy atom. The zero-order chi connectivity index (χ0) is 12.3. The Balaban J connectivity index is 1.94. The van der Waals surface area contributed by atoms with Gasteiger partial charge in [0, 0.05) is 35.5 Å². The number of hydrogen-bond acceptors (Lipinski definition) is 4. The van der Waals surface area contributed by atoms with Crippen LogP contribution < -0.4 is 0 Å². The number of rotatable bonds is 4. The maximum Gasteiger partial charge on any atom is 0.223 e. The SMILES string of the molecule is Cc1csc(CN2CC(CN=[N+]=[N-])CC2=O)n1. The van der Waals surface area contributed by atoms with Crippen LogP contribution in [0.1, 0.15) is 17.1 Å². The predicted molar refractivity (Wildman–Crippen MR) is 64.4 cm³/mol. The van der Waals surface area contributed by atoms with Crippen LogP contribution >= 0.6 is 11.3 Å². The maximum absolute atomic E-state index is 11.7. The van der Waals surface area contributed by atoms with Crippen LogP contribution in [0.25, 0.3) is 10.4 Å². The molecular weight excluding hydrogens is 238 g/mol. The molecule has 0 N–H and O–H groups in total. The molecule has 17 heavy (non-hydrogen) atoms. The average Bonchev–Trinajstić information content (AvgIpc) is 2.84. The number of amides is 1. The Kier molecular flexibility index (Phi) is 3.61. The van der Waals surface area contributed by atoms with E-state index in [1.54, 1.807) is 16.2 Å². The van der Waals surface area contributed by atoms with Crippen LogP contribution in [-0.2, 0) is 11.3 Å². The molecule has 2 heterocycles. The van der Waals surface area contributed by atoms with E-state index in [0.29, 0.717) is 26.1 Å². The average molecular weight is 251 g/mol. The number of hydrogen-bond donors (Lipinski definition) is 0. The molecular formula is C10H13N5OS. The third-order valence-electron chi connectivity index (χ3n) is 2.69. The minimum atomic E-state index is 0.121. The highest BCUT2D eigenvalue weighted by molar-refractivity contribution is 7.09. The molecule has 1 saturated heterocycles. The number of carbonyl (C=O) groups excluding carboxylic acids is 1. The Labute approximate surface area is 103 Å². The number of likely N-dealkylation sites (tertiary alicyclic amines) is 1. The fourth-order valence-electron chi connectivity index (χ4n) is 1.92. The molecule has 0 aromatic carbocycles. The van der Waals surface area contributed by atoms with Gasteiger partial charge in [-0.2, -0.15) is 0 Å². The third-order valence-corrected chi connectivity index (χ3v) is 3.64. The molecule has 0 bridgehead atoms. The number of aromatic nitrogens is 1. The number of nitrogens with zero attached hydrogens (tertiary/aromatic N) is 5. The van der Waals surface area contributed by atoms with Crippen molar-refractivity contribution in [2.45, 2.75) is 19.9 Å². The number of azide groups is 1. The first-order valence-corrected chi connectivity index (χ1v) is 6.26. The molecule has 7 heteroatoms. The van der Waals surface area contributed by atoms with Gasteiger partial charge in [-0.25, -0.2) is 4.98 Å². The molecule has 2 rings (SSSR count). The minimum Gasteiger partial charge on any atom is -0.336 e. The van der Waals surface area contributed by atoms with Crippen molar-refractivity contribution in [2.75, 3.05) is 13.1 Å². The third kappa shape index (κ3) is 2.95. The molecule has 1 aromatic heterocycles. The molecule has 1 unspecified atom stereocenters. The monoisotopic (exact) mass is 251 g/mol. The molecule has 1 aliphatic heterocycles. The second kappa shape index (κ2) is 5.16. The number of carbonyl (C=O) groups is 1. The smallest absolute Gasteiger partial charge is 0.223 e. The second-order valence-electron chi connectivity index (χ2n) is 4.14. The first-order chi connectivity index (χ1) is 8.19. The molecule has 6 nitrogen and oxygen atoms in total. The molecule has 0 radical (unpaired) electrons. The van der Waals surface area contributed by atoms with Crippen molar-refractivity contribution < 1.29 is 4.79 Å². The Morgan fingerprint density at radius 3 is 3.24 bits per heavy atom. The van der Waals surface area contributed by atoms with E-state index in [1.165, 1.54) is 0 Å². The fraction of sp³-hybridized carbons (Fsp3) is 0.600. The van der Waals surface area contributed by atoms with Crippen molar-refractivity contribution in [1.82, 2.24) is 9.88 Å². The zero-order valence-corrected chi connectivity index (χ0v) is 10.4. The van der Waals surface area contributed by atoms with Gasteiger partial charge >= 0.3 is 0 Å². The topological polar surface area (TPSA) is 82.0 Å². The van der Waals surface area contributed by atoms with Crippen LogP contribution in [0.2, 0.25) is 0 Å². The number of thiazole rings is 1. The van der Waals surface area contributed by atoms with Gasteiger partial charge in [0.25, 0.3) is 0 Å². The second-order valence-corrected chi connectivity index (χ2v) is 5.08. The van der Waals surface area contributed by atoms with E-state index in [9.17, 15) is 4.79 Å².